The molecule has 69 heavy (non-hydrogen) atoms. The van der Waals surface area contributed by atoms with Crippen LogP contribution in [-0.2, 0) is 37.4 Å². The number of fused-ring (bicyclic) bond motifs is 1. The summed E-state index contributed by atoms with van der Waals surface area (Å²) in [6.07, 6.45) is 2.53. The fourth-order valence-electron chi connectivity index (χ4n) is 8.16. The molecule has 0 saturated heterocycles. The Hall–Kier alpha value is -7.42. The minimum atomic E-state index is -3.76. The molecule has 6 aromatic rings. The first-order valence-electron chi connectivity index (χ1n) is 21.3. The number of aromatic nitrogens is 2. The molecule has 1 heterocycles. The maximum atomic E-state index is 16.6. The van der Waals surface area contributed by atoms with Crippen molar-refractivity contribution in [2.24, 2.45) is 0 Å². The Bertz CT molecular complexity index is 3260. The lowest BCUT2D eigenvalue weighted by Gasteiger charge is -2.32. The van der Waals surface area contributed by atoms with Crippen LogP contribution in [0.1, 0.15) is 35.7 Å². The van der Waals surface area contributed by atoms with Gasteiger partial charge in [0, 0.05) is 31.5 Å². The number of carbonyl (C=O) groups excluding carboxylic acids is 1. The van der Waals surface area contributed by atoms with Crippen LogP contribution in [0.25, 0.3) is 22.2 Å². The van der Waals surface area contributed by atoms with E-state index in [1.54, 1.807) is 67.6 Å². The van der Waals surface area contributed by atoms with Gasteiger partial charge in [-0.15, -0.1) is 0 Å². The van der Waals surface area contributed by atoms with Crippen LogP contribution >= 0.6 is 0 Å². The van der Waals surface area contributed by atoms with Gasteiger partial charge in [0.15, 0.2) is 23.0 Å². The monoisotopic (exact) mass is 984 g/mol. The first-order valence-corrected chi connectivity index (χ1v) is 25.5. The number of benzene rings is 5. The average molecular weight is 985 g/mol. The molecule has 0 aliphatic heterocycles. The van der Waals surface area contributed by atoms with Crippen molar-refractivity contribution in [3.63, 3.8) is 0 Å². The molecule has 0 saturated carbocycles. The highest BCUT2D eigenvalue weighted by Gasteiger charge is 2.30. The molecule has 2 unspecified atom stereocenters. The van der Waals surface area contributed by atoms with Crippen molar-refractivity contribution in [2.75, 3.05) is 74.8 Å². The lowest BCUT2D eigenvalue weighted by Crippen LogP contribution is -2.34. The molecule has 362 valence electrons. The molecule has 2 atom stereocenters. The number of ether oxygens (including phenoxy) is 4. The minimum absolute atomic E-state index is 0.0288. The van der Waals surface area contributed by atoms with E-state index in [0.717, 1.165) is 29.5 Å². The number of carbonyl (C=O) groups is 1. The number of halogens is 2. The summed E-state index contributed by atoms with van der Waals surface area (Å²) in [5, 5.41) is 19.1. The highest BCUT2D eigenvalue weighted by molar-refractivity contribution is 7.90. The summed E-state index contributed by atoms with van der Waals surface area (Å²) in [5.74, 6) is -1.08. The molecule has 0 radical (unpaired) electrons. The molecule has 6 rings (SSSR count). The van der Waals surface area contributed by atoms with Crippen LogP contribution in [-0.4, -0.2) is 97.4 Å². The van der Waals surface area contributed by atoms with Crippen LogP contribution in [0.5, 0.6) is 23.0 Å². The summed E-state index contributed by atoms with van der Waals surface area (Å²) in [6, 6.07) is 24.4. The number of nitrogens with zero attached hydrogens (tertiary/aromatic N) is 6. The van der Waals surface area contributed by atoms with Gasteiger partial charge in [0.25, 0.3) is 0 Å². The fraction of sp³-hybridized carbons (Fsp3) is 0.306. The van der Waals surface area contributed by atoms with Crippen molar-refractivity contribution in [3.05, 3.63) is 130 Å². The first-order chi connectivity index (χ1) is 32.9. The molecule has 0 fully saturated rings. The molecule has 1 aromatic heterocycles. The van der Waals surface area contributed by atoms with Crippen LogP contribution in [0, 0.1) is 34.3 Å². The third-order valence-corrected chi connectivity index (χ3v) is 13.1. The Balaban J connectivity index is 1.33. The van der Waals surface area contributed by atoms with Crippen LogP contribution in [0.15, 0.2) is 95.8 Å². The zero-order chi connectivity index (χ0) is 50.2. The predicted molar refractivity (Wildman–Crippen MR) is 258 cm³/mol. The SMILES string of the molecule is CCOc1cc(C(CS(C)(=O)=O)n2c(=O)n(CC#N)c3cc(-c4cccc(CCOc5cc(C(CS(C)(=O)=O)N(C=O)c6ccc(F)cc6N(C)CC#N)ccc5OC)c4F)ccc32)ccc1OC. The Morgan fingerprint density at radius 1 is 0.768 bits per heavy atom. The predicted octanol–water partition coefficient (Wildman–Crippen LogP) is 6.65. The van der Waals surface area contributed by atoms with Crippen molar-refractivity contribution in [1.29, 1.82) is 10.5 Å². The highest BCUT2D eigenvalue weighted by Crippen LogP contribution is 2.39. The van der Waals surface area contributed by atoms with E-state index in [9.17, 15) is 41.3 Å². The van der Waals surface area contributed by atoms with Gasteiger partial charge < -0.3 is 28.7 Å². The minimum Gasteiger partial charge on any atom is -0.493 e. The Morgan fingerprint density at radius 3 is 2.06 bits per heavy atom. The van der Waals surface area contributed by atoms with E-state index in [0.29, 0.717) is 46.7 Å². The smallest absolute Gasteiger partial charge is 0.330 e. The topological polar surface area (TPSA) is 203 Å². The maximum absolute atomic E-state index is 16.6. The van der Waals surface area contributed by atoms with Crippen molar-refractivity contribution in [2.45, 2.75) is 32.0 Å². The summed E-state index contributed by atoms with van der Waals surface area (Å²) in [6.45, 7) is 1.43. The van der Waals surface area contributed by atoms with Crippen molar-refractivity contribution in [1.82, 2.24) is 9.13 Å². The zero-order valence-electron chi connectivity index (χ0n) is 38.7. The highest BCUT2D eigenvalue weighted by atomic mass is 32.2. The quantitative estimate of drug-likeness (QED) is 0.0517. The Morgan fingerprint density at radius 2 is 1.43 bits per heavy atom. The molecule has 0 bridgehead atoms. The number of nitriles is 2. The summed E-state index contributed by atoms with van der Waals surface area (Å²) >= 11 is 0. The van der Waals surface area contributed by atoms with Crippen molar-refractivity contribution >= 4 is 48.5 Å². The van der Waals surface area contributed by atoms with E-state index in [1.807, 2.05) is 12.1 Å². The number of imidazole rings is 1. The van der Waals surface area contributed by atoms with Gasteiger partial charge in [-0.3, -0.25) is 13.9 Å². The van der Waals surface area contributed by atoms with E-state index in [-0.39, 0.29) is 65.6 Å². The number of amides is 1. The molecule has 0 aliphatic carbocycles. The summed E-state index contributed by atoms with van der Waals surface area (Å²) in [7, 11) is -3.07. The summed E-state index contributed by atoms with van der Waals surface area (Å²) < 4.78 is 108. The van der Waals surface area contributed by atoms with Crippen molar-refractivity contribution in [3.8, 4) is 46.3 Å². The number of sulfone groups is 2. The Labute approximate surface area is 398 Å². The van der Waals surface area contributed by atoms with Crippen LogP contribution in [0.3, 0.4) is 0 Å². The third kappa shape index (κ3) is 11.7. The second-order valence-electron chi connectivity index (χ2n) is 16.1. The number of rotatable bonds is 22. The maximum Gasteiger partial charge on any atom is 0.330 e. The van der Waals surface area contributed by atoms with Gasteiger partial charge in [-0.2, -0.15) is 10.5 Å². The molecule has 1 amide bonds. The molecular formula is C49H50F2N6O10S2. The van der Waals surface area contributed by atoms with Gasteiger partial charge in [0.2, 0.25) is 6.41 Å². The van der Waals surface area contributed by atoms with E-state index in [4.69, 9.17) is 18.9 Å². The summed E-state index contributed by atoms with van der Waals surface area (Å²) in [4.78, 5) is 29.6. The second-order valence-corrected chi connectivity index (χ2v) is 20.5. The molecule has 0 N–H and O–H groups in total. The van der Waals surface area contributed by atoms with E-state index in [2.05, 4.69) is 0 Å². The standard InChI is InChI=1S/C49H50F2N6O10S2/c1-7-66-46-27-35(13-18-44(46)64-3)43(30-69(6,62)63)57-39-15-11-33(25-41(39)55(23-21-53)49(57)59)37-10-8-9-32(48(37)51)19-24-67-47-26-34(12-17-45(47)65-4)42(29-68(5,60)61)56(31-58)38-16-14-36(50)28-40(38)54(2)22-20-52/h8-18,25-28,31,42-43H,7,19,22-24,29-30H2,1-6H3. The molecule has 16 nitrogen and oxygen atoms in total. The van der Waals surface area contributed by atoms with Gasteiger partial charge in [-0.25, -0.2) is 30.4 Å². The van der Waals surface area contributed by atoms with Gasteiger partial charge in [0.1, 0.15) is 44.4 Å². The second kappa shape index (κ2) is 21.7. The number of anilines is 2. The normalized spacial score (nSPS) is 12.4. The van der Waals surface area contributed by atoms with Crippen LogP contribution in [0.4, 0.5) is 20.2 Å². The van der Waals surface area contributed by atoms with Gasteiger partial charge >= 0.3 is 5.69 Å². The van der Waals surface area contributed by atoms with E-state index in [1.165, 1.54) is 53.5 Å². The lowest BCUT2D eigenvalue weighted by molar-refractivity contribution is -0.107. The first kappa shape index (κ1) is 51.0. The largest absolute Gasteiger partial charge is 0.493 e. The average Bonchev–Trinajstić information content (AvgIpc) is 3.57. The number of hydrogen-bond donors (Lipinski definition) is 0. The van der Waals surface area contributed by atoms with Gasteiger partial charge in [-0.05, 0) is 83.8 Å². The van der Waals surface area contributed by atoms with Gasteiger partial charge in [-0.1, -0.05) is 36.4 Å². The molecule has 0 spiro atoms. The zero-order valence-corrected chi connectivity index (χ0v) is 40.3. The van der Waals surface area contributed by atoms with E-state index >= 15 is 4.39 Å². The lowest BCUT2D eigenvalue weighted by atomic mass is 10.00. The van der Waals surface area contributed by atoms with Gasteiger partial charge in [0.05, 0.1) is 85.6 Å². The van der Waals surface area contributed by atoms with Crippen LogP contribution < -0.4 is 34.4 Å². The third-order valence-electron chi connectivity index (χ3n) is 11.3. The van der Waals surface area contributed by atoms with E-state index < -0.39 is 60.6 Å². The molecular weight excluding hydrogens is 935 g/mol. The van der Waals surface area contributed by atoms with Crippen LogP contribution in [0.2, 0.25) is 0 Å². The Kier molecular flexibility index (Phi) is 16.0. The molecule has 0 aliphatic rings. The number of methoxy groups -OCH3 is 2. The molecule has 5 aromatic carbocycles. The summed E-state index contributed by atoms with van der Waals surface area (Å²) in [5.41, 5.74) is 1.78. The molecule has 20 heteroatoms. The van der Waals surface area contributed by atoms with Crippen molar-refractivity contribution < 1.29 is 49.4 Å². The number of hydrogen-bond acceptors (Lipinski definition) is 13. The fourth-order valence-corrected chi connectivity index (χ4v) is 10.0.